The monoisotopic (exact) mass is 532 g/mol. The molecular formula is C21H23Cl2IN2O2. The molecule has 1 saturated heterocycles. The normalized spacial score (nSPS) is 18.2. The van der Waals surface area contributed by atoms with Gasteiger partial charge >= 0.3 is 0 Å². The van der Waals surface area contributed by atoms with Gasteiger partial charge in [-0.25, -0.2) is 0 Å². The van der Waals surface area contributed by atoms with Crippen LogP contribution in [0.25, 0.3) is 0 Å². The highest BCUT2D eigenvalue weighted by Gasteiger charge is 2.28. The summed E-state index contributed by atoms with van der Waals surface area (Å²) in [6.07, 6.45) is 0.755. The summed E-state index contributed by atoms with van der Waals surface area (Å²) in [6.45, 7) is 2.19. The third-order valence-corrected chi connectivity index (χ3v) is 6.52. The second kappa shape index (κ2) is 9.76. The maximum Gasteiger partial charge on any atom is 0.227 e. The second-order valence-electron chi connectivity index (χ2n) is 7.20. The lowest BCUT2D eigenvalue weighted by molar-refractivity contribution is -0.131. The minimum atomic E-state index is -0.284. The minimum absolute atomic E-state index is 0.0157. The maximum atomic E-state index is 13.0. The number of carbonyl (C=O) groups excluding carboxylic acids is 1. The Kier molecular flexibility index (Phi) is 7.61. The molecule has 0 spiro atoms. The highest BCUT2D eigenvalue weighted by molar-refractivity contribution is 14.1. The third kappa shape index (κ3) is 5.60. The van der Waals surface area contributed by atoms with Gasteiger partial charge in [-0.1, -0.05) is 41.4 Å². The Morgan fingerprint density at radius 3 is 2.71 bits per heavy atom. The van der Waals surface area contributed by atoms with Gasteiger partial charge in [0.05, 0.1) is 28.6 Å². The number of hydrogen-bond acceptors (Lipinski definition) is 3. The van der Waals surface area contributed by atoms with Gasteiger partial charge < -0.3 is 10.0 Å². The van der Waals surface area contributed by atoms with Gasteiger partial charge in [0.2, 0.25) is 5.91 Å². The zero-order valence-corrected chi connectivity index (χ0v) is 19.3. The average Bonchev–Trinajstić information content (AvgIpc) is 3.07. The van der Waals surface area contributed by atoms with E-state index in [-0.39, 0.29) is 24.5 Å². The number of rotatable bonds is 6. The van der Waals surface area contributed by atoms with Crippen molar-refractivity contribution < 1.29 is 9.90 Å². The molecule has 0 radical (unpaired) electrons. The van der Waals surface area contributed by atoms with Crippen molar-refractivity contribution in [1.82, 2.24) is 9.80 Å². The standard InChI is InChI=1S/C21H23Cl2IN2O2/c1-25(21(28)10-14-5-6-18(22)19(23)9-14)20(13-26-8-7-17(27)12-26)15-3-2-4-16(24)11-15/h2-6,9,11,17,20,27H,7-8,10,12-13H2,1H3/t17-,20+/m0/s1. The van der Waals surface area contributed by atoms with Crippen LogP contribution in [0.15, 0.2) is 42.5 Å². The number of amides is 1. The number of carbonyl (C=O) groups is 1. The van der Waals surface area contributed by atoms with E-state index < -0.39 is 0 Å². The molecule has 2 aromatic rings. The molecule has 7 heteroatoms. The quantitative estimate of drug-likeness (QED) is 0.560. The van der Waals surface area contributed by atoms with Crippen molar-refractivity contribution >= 4 is 51.7 Å². The number of halogens is 3. The summed E-state index contributed by atoms with van der Waals surface area (Å²) in [6, 6.07) is 13.4. The van der Waals surface area contributed by atoms with Crippen molar-refractivity contribution in [2.45, 2.75) is 25.0 Å². The summed E-state index contributed by atoms with van der Waals surface area (Å²) >= 11 is 14.4. The fraction of sp³-hybridized carbons (Fsp3) is 0.381. The first-order valence-corrected chi connectivity index (χ1v) is 11.0. The molecule has 0 bridgehead atoms. The van der Waals surface area contributed by atoms with E-state index in [2.05, 4.69) is 39.6 Å². The van der Waals surface area contributed by atoms with Crippen molar-refractivity contribution in [2.75, 3.05) is 26.7 Å². The molecule has 1 N–H and O–H groups in total. The number of nitrogens with zero attached hydrogens (tertiary/aromatic N) is 2. The van der Waals surface area contributed by atoms with Crippen molar-refractivity contribution in [3.63, 3.8) is 0 Å². The number of likely N-dealkylation sites (N-methyl/N-ethyl adjacent to an activating group) is 1. The molecule has 2 aromatic carbocycles. The molecule has 1 aliphatic heterocycles. The summed E-state index contributed by atoms with van der Waals surface area (Å²) < 4.78 is 1.13. The molecule has 1 heterocycles. The molecule has 2 atom stereocenters. The van der Waals surface area contributed by atoms with E-state index in [9.17, 15) is 9.90 Å². The SMILES string of the molecule is CN(C(=O)Cc1ccc(Cl)c(Cl)c1)[C@H](CN1CC[C@H](O)C1)c1cccc(I)c1. The van der Waals surface area contributed by atoms with Gasteiger partial charge in [0.1, 0.15) is 0 Å². The smallest absolute Gasteiger partial charge is 0.227 e. The number of benzene rings is 2. The molecule has 4 nitrogen and oxygen atoms in total. The fourth-order valence-electron chi connectivity index (χ4n) is 3.51. The Balaban J connectivity index is 1.79. The van der Waals surface area contributed by atoms with E-state index in [0.29, 0.717) is 23.1 Å². The summed E-state index contributed by atoms with van der Waals surface area (Å²) in [4.78, 5) is 17.1. The van der Waals surface area contributed by atoms with Crippen LogP contribution >= 0.6 is 45.8 Å². The predicted molar refractivity (Wildman–Crippen MR) is 122 cm³/mol. The van der Waals surface area contributed by atoms with Gasteiger partial charge in [-0.3, -0.25) is 9.69 Å². The number of likely N-dealkylation sites (tertiary alicyclic amines) is 1. The van der Waals surface area contributed by atoms with Crippen molar-refractivity contribution in [1.29, 1.82) is 0 Å². The van der Waals surface area contributed by atoms with Crippen LogP contribution in [0.5, 0.6) is 0 Å². The first-order valence-electron chi connectivity index (χ1n) is 9.19. The van der Waals surface area contributed by atoms with Crippen molar-refractivity contribution in [2.24, 2.45) is 0 Å². The second-order valence-corrected chi connectivity index (χ2v) is 9.26. The number of β-amino-alcohol motifs (C(OH)–C–C–N with tert-alkyl or cyclic N) is 1. The van der Waals surface area contributed by atoms with Crippen LogP contribution in [-0.4, -0.2) is 53.6 Å². The lowest BCUT2D eigenvalue weighted by atomic mass is 10.0. The molecule has 0 aromatic heterocycles. The van der Waals surface area contributed by atoms with E-state index in [0.717, 1.165) is 27.7 Å². The molecule has 0 saturated carbocycles. The van der Waals surface area contributed by atoms with Crippen molar-refractivity contribution in [3.8, 4) is 0 Å². The topological polar surface area (TPSA) is 43.8 Å². The zero-order chi connectivity index (χ0) is 20.3. The van der Waals surface area contributed by atoms with E-state index in [1.165, 1.54) is 0 Å². The van der Waals surface area contributed by atoms with Crippen LogP contribution in [0.2, 0.25) is 10.0 Å². The van der Waals surface area contributed by atoms with Gasteiger partial charge in [0.25, 0.3) is 0 Å². The third-order valence-electron chi connectivity index (χ3n) is 5.11. The van der Waals surface area contributed by atoms with Crippen LogP contribution in [0.1, 0.15) is 23.6 Å². The first kappa shape index (κ1) is 21.8. The van der Waals surface area contributed by atoms with E-state index in [1.807, 2.05) is 25.2 Å². The Bertz CT molecular complexity index is 849. The molecular weight excluding hydrogens is 510 g/mol. The van der Waals surface area contributed by atoms with E-state index >= 15 is 0 Å². The Morgan fingerprint density at radius 2 is 2.07 bits per heavy atom. The zero-order valence-electron chi connectivity index (χ0n) is 15.6. The van der Waals surface area contributed by atoms with Gasteiger partial charge in [-0.15, -0.1) is 0 Å². The van der Waals surface area contributed by atoms with Crippen LogP contribution in [-0.2, 0) is 11.2 Å². The van der Waals surface area contributed by atoms with Gasteiger partial charge in [-0.2, -0.15) is 0 Å². The predicted octanol–water partition coefficient (Wildman–Crippen LogP) is 4.41. The molecule has 1 amide bonds. The lowest BCUT2D eigenvalue weighted by Gasteiger charge is -2.32. The molecule has 0 aliphatic carbocycles. The van der Waals surface area contributed by atoms with Gasteiger partial charge in [0, 0.05) is 30.3 Å². The van der Waals surface area contributed by atoms with Crippen molar-refractivity contribution in [3.05, 3.63) is 67.2 Å². The highest BCUT2D eigenvalue weighted by Crippen LogP contribution is 2.27. The highest BCUT2D eigenvalue weighted by atomic mass is 127. The number of aliphatic hydroxyl groups excluding tert-OH is 1. The molecule has 28 heavy (non-hydrogen) atoms. The Labute approximate surface area is 189 Å². The average molecular weight is 533 g/mol. The van der Waals surface area contributed by atoms with Crippen LogP contribution in [0.3, 0.4) is 0 Å². The van der Waals surface area contributed by atoms with E-state index in [4.69, 9.17) is 23.2 Å². The van der Waals surface area contributed by atoms with Gasteiger partial charge in [0.15, 0.2) is 0 Å². The number of hydrogen-bond donors (Lipinski definition) is 1. The number of aliphatic hydroxyl groups is 1. The largest absolute Gasteiger partial charge is 0.392 e. The Hall–Kier alpha value is -0.860. The van der Waals surface area contributed by atoms with Crippen LogP contribution < -0.4 is 0 Å². The van der Waals surface area contributed by atoms with Crippen LogP contribution in [0, 0.1) is 3.57 Å². The van der Waals surface area contributed by atoms with Crippen LogP contribution in [0.4, 0.5) is 0 Å². The molecule has 3 rings (SSSR count). The lowest BCUT2D eigenvalue weighted by Crippen LogP contribution is -2.39. The first-order chi connectivity index (χ1) is 13.3. The van der Waals surface area contributed by atoms with Gasteiger partial charge in [-0.05, 0) is 64.4 Å². The molecule has 150 valence electrons. The molecule has 1 aliphatic rings. The summed E-state index contributed by atoms with van der Waals surface area (Å²) in [5, 5.41) is 10.8. The molecule has 0 unspecified atom stereocenters. The molecule has 1 fully saturated rings. The summed E-state index contributed by atoms with van der Waals surface area (Å²) in [5.74, 6) is 0.0157. The Morgan fingerprint density at radius 1 is 1.29 bits per heavy atom. The fourth-order valence-corrected chi connectivity index (χ4v) is 4.40. The minimum Gasteiger partial charge on any atom is -0.392 e. The summed E-state index contributed by atoms with van der Waals surface area (Å²) in [7, 11) is 1.84. The summed E-state index contributed by atoms with van der Waals surface area (Å²) in [5.41, 5.74) is 1.93. The van der Waals surface area contributed by atoms with E-state index in [1.54, 1.807) is 17.0 Å². The maximum absolute atomic E-state index is 13.0.